The van der Waals surface area contributed by atoms with E-state index in [9.17, 15) is 18.0 Å². The number of carbonyl (C=O) groups is 1. The van der Waals surface area contributed by atoms with Crippen molar-refractivity contribution in [1.82, 2.24) is 10.2 Å². The number of rotatable bonds is 11. The monoisotopic (exact) mass is 458 g/mol. The molecule has 0 spiro atoms. The normalized spacial score (nSPS) is 15.0. The number of amides is 1. The molecule has 0 unspecified atom stereocenters. The van der Waals surface area contributed by atoms with Crippen LogP contribution >= 0.6 is 0 Å². The van der Waals surface area contributed by atoms with Crippen molar-refractivity contribution in [2.45, 2.75) is 67.1 Å². The molecule has 1 atom stereocenters. The van der Waals surface area contributed by atoms with Gasteiger partial charge in [0.05, 0.1) is 12.2 Å². The highest BCUT2D eigenvalue weighted by Gasteiger charge is 2.33. The first kappa shape index (κ1) is 29.4. The van der Waals surface area contributed by atoms with Gasteiger partial charge in [0.15, 0.2) is 5.90 Å². The van der Waals surface area contributed by atoms with Gasteiger partial charge in [0.25, 0.3) is 5.91 Å². The number of allylic oxidation sites excluding steroid dienone is 3. The summed E-state index contributed by atoms with van der Waals surface area (Å²) in [6.45, 7) is 17.1. The lowest BCUT2D eigenvalue weighted by molar-refractivity contribution is -0.126. The first-order valence-electron chi connectivity index (χ1n) is 10.7. The molecule has 0 aromatic heterocycles. The van der Waals surface area contributed by atoms with Crippen molar-refractivity contribution in [3.63, 3.8) is 0 Å². The van der Waals surface area contributed by atoms with Crippen LogP contribution in [0.1, 0.15) is 54.9 Å². The largest absolute Gasteiger partial charge is 0.479 e. The quantitative estimate of drug-likeness (QED) is 0.340. The van der Waals surface area contributed by atoms with Gasteiger partial charge in [-0.05, 0) is 38.7 Å². The van der Waals surface area contributed by atoms with Gasteiger partial charge in [0.1, 0.15) is 18.0 Å². The first-order chi connectivity index (χ1) is 14.8. The van der Waals surface area contributed by atoms with E-state index in [1.54, 1.807) is 18.7 Å². The lowest BCUT2D eigenvalue weighted by atomic mass is 9.95. The third-order valence-electron chi connectivity index (χ3n) is 4.44. The summed E-state index contributed by atoms with van der Waals surface area (Å²) in [7, 11) is 1.17. The van der Waals surface area contributed by atoms with Crippen molar-refractivity contribution in [2.24, 2.45) is 15.9 Å². The number of hydrogen-bond donors (Lipinski definition) is 1. The Morgan fingerprint density at radius 2 is 1.81 bits per heavy atom. The number of aliphatic imine (C=N–C) groups is 2. The van der Waals surface area contributed by atoms with Crippen LogP contribution < -0.4 is 5.32 Å². The third kappa shape index (κ3) is 9.70. The second-order valence-electron chi connectivity index (χ2n) is 7.61. The van der Waals surface area contributed by atoms with E-state index in [-0.39, 0.29) is 30.4 Å². The second kappa shape index (κ2) is 13.8. The van der Waals surface area contributed by atoms with Crippen molar-refractivity contribution >= 4 is 17.5 Å². The Balaban J connectivity index is 5.62. The van der Waals surface area contributed by atoms with E-state index < -0.39 is 11.9 Å². The molecule has 0 rings (SSSR count). The SMILES string of the molecule is C=C(C)/N=C(C(=O)N(CC)[C@@H](C)CO/C(C)=N/C=C(\NC)C(F)(F)F)\C(=C/CC)C(C)C. The van der Waals surface area contributed by atoms with Crippen LogP contribution in [-0.4, -0.2) is 54.8 Å². The average molecular weight is 459 g/mol. The molecule has 0 saturated heterocycles. The minimum Gasteiger partial charge on any atom is -0.479 e. The van der Waals surface area contributed by atoms with Gasteiger partial charge in [-0.3, -0.25) is 4.79 Å². The highest BCUT2D eigenvalue weighted by Crippen LogP contribution is 2.23. The molecule has 0 fully saturated rings. The van der Waals surface area contributed by atoms with Crippen LogP contribution in [0.3, 0.4) is 0 Å². The second-order valence-corrected chi connectivity index (χ2v) is 7.61. The zero-order valence-corrected chi connectivity index (χ0v) is 20.4. The molecule has 9 heteroatoms. The molecule has 1 N–H and O–H groups in total. The van der Waals surface area contributed by atoms with Gasteiger partial charge < -0.3 is 15.0 Å². The van der Waals surface area contributed by atoms with Gasteiger partial charge >= 0.3 is 6.18 Å². The highest BCUT2D eigenvalue weighted by molar-refractivity contribution is 6.45. The zero-order valence-electron chi connectivity index (χ0n) is 20.4. The number of hydrogen-bond acceptors (Lipinski definition) is 5. The summed E-state index contributed by atoms with van der Waals surface area (Å²) in [5.41, 5.74) is 0.737. The lowest BCUT2D eigenvalue weighted by Crippen LogP contribution is -2.45. The molecule has 6 nitrogen and oxygen atoms in total. The molecule has 0 radical (unpaired) electrons. The van der Waals surface area contributed by atoms with Crippen LogP contribution in [-0.2, 0) is 9.53 Å². The van der Waals surface area contributed by atoms with Crippen LogP contribution in [0.2, 0.25) is 0 Å². The van der Waals surface area contributed by atoms with E-state index in [0.29, 0.717) is 24.2 Å². The number of likely N-dealkylation sites (N-methyl/N-ethyl adjacent to an activating group) is 1. The molecular weight excluding hydrogens is 421 g/mol. The Bertz CT molecular complexity index is 766. The first-order valence-corrected chi connectivity index (χ1v) is 10.7. The number of ether oxygens (including phenoxy) is 1. The molecule has 0 aliphatic rings. The van der Waals surface area contributed by atoms with Crippen LogP contribution in [0.25, 0.3) is 0 Å². The Labute approximate surface area is 190 Å². The fourth-order valence-electron chi connectivity index (χ4n) is 2.85. The summed E-state index contributed by atoms with van der Waals surface area (Å²) in [5, 5.41) is 2.06. The predicted octanol–water partition coefficient (Wildman–Crippen LogP) is 5.25. The number of alkyl halides is 3. The van der Waals surface area contributed by atoms with E-state index in [4.69, 9.17) is 4.74 Å². The van der Waals surface area contributed by atoms with Crippen molar-refractivity contribution in [3.05, 3.63) is 35.8 Å². The fraction of sp³-hybridized carbons (Fsp3) is 0.609. The Hall–Kier alpha value is -2.58. The molecule has 1 amide bonds. The predicted molar refractivity (Wildman–Crippen MR) is 125 cm³/mol. The van der Waals surface area contributed by atoms with Gasteiger partial charge in [-0.2, -0.15) is 13.2 Å². The maximum atomic E-state index is 13.4. The topological polar surface area (TPSA) is 66.3 Å². The van der Waals surface area contributed by atoms with Crippen LogP contribution in [0.15, 0.2) is 45.8 Å². The summed E-state index contributed by atoms with van der Waals surface area (Å²) >= 11 is 0. The number of nitrogens with zero attached hydrogens (tertiary/aromatic N) is 3. The molecule has 0 aliphatic heterocycles. The minimum absolute atomic E-state index is 0.0573. The summed E-state index contributed by atoms with van der Waals surface area (Å²) in [6, 6.07) is -0.363. The molecular formula is C23H37F3N4O2. The Morgan fingerprint density at radius 1 is 1.22 bits per heavy atom. The van der Waals surface area contributed by atoms with Crippen molar-refractivity contribution in [2.75, 3.05) is 20.2 Å². The number of nitrogens with one attached hydrogen (secondary N) is 1. The van der Waals surface area contributed by atoms with Crippen molar-refractivity contribution < 1.29 is 22.7 Å². The van der Waals surface area contributed by atoms with Gasteiger partial charge in [-0.15, -0.1) is 0 Å². The Morgan fingerprint density at radius 3 is 2.22 bits per heavy atom. The molecule has 182 valence electrons. The maximum Gasteiger partial charge on any atom is 0.432 e. The van der Waals surface area contributed by atoms with Crippen LogP contribution in [0, 0.1) is 5.92 Å². The molecule has 0 aromatic carbocycles. The standard InChI is InChI=1S/C23H37F3N4O2/c1-10-12-19(15(3)4)21(29-16(5)6)22(31)30(11-2)17(7)14-32-18(8)28-13-20(27-9)23(24,25)26/h12-13,15,17,27H,5,10-11,14H2,1-4,6-9H3/b19-12-,20-13-,28-18+,29-21+/t17-/m0/s1. The third-order valence-corrected chi connectivity index (χ3v) is 4.44. The van der Waals surface area contributed by atoms with E-state index in [1.807, 2.05) is 33.8 Å². The lowest BCUT2D eigenvalue weighted by Gasteiger charge is -2.29. The van der Waals surface area contributed by atoms with Gasteiger partial charge in [-0.25, -0.2) is 9.98 Å². The smallest absolute Gasteiger partial charge is 0.432 e. The molecule has 0 bridgehead atoms. The molecule has 0 aromatic rings. The van der Waals surface area contributed by atoms with Crippen LogP contribution in [0.4, 0.5) is 13.2 Å². The van der Waals surface area contributed by atoms with Crippen molar-refractivity contribution in [1.29, 1.82) is 0 Å². The highest BCUT2D eigenvalue weighted by atomic mass is 19.4. The van der Waals surface area contributed by atoms with Gasteiger partial charge in [0, 0.05) is 26.2 Å². The van der Waals surface area contributed by atoms with E-state index in [1.165, 1.54) is 14.0 Å². The van der Waals surface area contributed by atoms with Crippen molar-refractivity contribution in [3.8, 4) is 0 Å². The summed E-state index contributed by atoms with van der Waals surface area (Å²) < 4.78 is 43.8. The minimum atomic E-state index is -4.53. The van der Waals surface area contributed by atoms with Gasteiger partial charge in [0.2, 0.25) is 0 Å². The zero-order chi connectivity index (χ0) is 25.1. The fourth-order valence-corrected chi connectivity index (χ4v) is 2.85. The molecule has 32 heavy (non-hydrogen) atoms. The van der Waals surface area contributed by atoms with Crippen LogP contribution in [0.5, 0.6) is 0 Å². The molecule has 0 heterocycles. The summed E-state index contributed by atoms with van der Waals surface area (Å²) in [6.07, 6.45) is -1.11. The maximum absolute atomic E-state index is 13.4. The van der Waals surface area contributed by atoms with E-state index >= 15 is 0 Å². The summed E-state index contributed by atoms with van der Waals surface area (Å²) in [4.78, 5) is 23.1. The number of halogens is 3. The summed E-state index contributed by atoms with van der Waals surface area (Å²) in [5.74, 6) is -0.0932. The van der Waals surface area contributed by atoms with E-state index in [0.717, 1.165) is 12.0 Å². The van der Waals surface area contributed by atoms with E-state index in [2.05, 4.69) is 21.9 Å². The van der Waals surface area contributed by atoms with Gasteiger partial charge in [-0.1, -0.05) is 33.4 Å². The average Bonchev–Trinajstić information content (AvgIpc) is 2.68. The molecule has 0 aliphatic carbocycles. The Kier molecular flexibility index (Phi) is 12.6. The molecule has 0 saturated carbocycles. The number of carbonyl (C=O) groups excluding carboxylic acids is 1.